The Bertz CT molecular complexity index is 286. The maximum Gasteiger partial charge on any atom is 0.123 e. The molecule has 0 bridgehead atoms. The molecule has 1 atom stereocenters. The lowest BCUT2D eigenvalue weighted by Crippen LogP contribution is -2.27. The third kappa shape index (κ3) is 5.52. The topological polar surface area (TPSA) is 12.0 Å². The predicted molar refractivity (Wildman–Crippen MR) is 69.5 cm³/mol. The Morgan fingerprint density at radius 2 is 2.00 bits per heavy atom. The van der Waals surface area contributed by atoms with Gasteiger partial charge in [-0.1, -0.05) is 13.3 Å². The van der Waals surface area contributed by atoms with E-state index in [1.165, 1.54) is 25.0 Å². The van der Waals surface area contributed by atoms with Crippen LogP contribution in [0.15, 0.2) is 29.2 Å². The number of benzene rings is 1. The summed E-state index contributed by atoms with van der Waals surface area (Å²) < 4.78 is 12.6. The third-order valence-electron chi connectivity index (χ3n) is 2.40. The van der Waals surface area contributed by atoms with Crippen LogP contribution in [-0.4, -0.2) is 18.3 Å². The molecule has 1 nitrogen and oxygen atoms in total. The number of hydrogen-bond acceptors (Lipinski definition) is 2. The van der Waals surface area contributed by atoms with E-state index in [1.807, 2.05) is 12.1 Å². The molecule has 1 aromatic rings. The predicted octanol–water partition coefficient (Wildman–Crippen LogP) is 3.70. The second-order valence-electron chi connectivity index (χ2n) is 3.95. The van der Waals surface area contributed by atoms with Gasteiger partial charge < -0.3 is 5.32 Å². The normalized spacial score (nSPS) is 12.7. The van der Waals surface area contributed by atoms with Gasteiger partial charge in [-0.05, 0) is 37.6 Å². The van der Waals surface area contributed by atoms with E-state index >= 15 is 0 Å². The Morgan fingerprint density at radius 1 is 1.31 bits per heavy atom. The lowest BCUT2D eigenvalue weighted by atomic mass is 10.2. The summed E-state index contributed by atoms with van der Waals surface area (Å²) in [6, 6.07) is 7.27. The first-order valence-corrected chi connectivity index (χ1v) is 6.82. The first-order chi connectivity index (χ1) is 7.72. The summed E-state index contributed by atoms with van der Waals surface area (Å²) in [6.45, 7) is 5.42. The Morgan fingerprint density at radius 3 is 2.62 bits per heavy atom. The van der Waals surface area contributed by atoms with E-state index in [-0.39, 0.29) is 5.82 Å². The second kappa shape index (κ2) is 7.69. The SMILES string of the molecule is CCCC(C)NCCSc1ccc(F)cc1. The van der Waals surface area contributed by atoms with Crippen LogP contribution in [0.25, 0.3) is 0 Å². The monoisotopic (exact) mass is 241 g/mol. The molecule has 0 spiro atoms. The van der Waals surface area contributed by atoms with Gasteiger partial charge in [-0.3, -0.25) is 0 Å². The maximum absolute atomic E-state index is 12.6. The van der Waals surface area contributed by atoms with Gasteiger partial charge in [0.2, 0.25) is 0 Å². The number of rotatable bonds is 7. The van der Waals surface area contributed by atoms with Crippen LogP contribution < -0.4 is 5.32 Å². The molecule has 1 rings (SSSR count). The van der Waals surface area contributed by atoms with Gasteiger partial charge in [-0.25, -0.2) is 4.39 Å². The highest BCUT2D eigenvalue weighted by atomic mass is 32.2. The first-order valence-electron chi connectivity index (χ1n) is 5.84. The highest BCUT2D eigenvalue weighted by molar-refractivity contribution is 7.99. The summed E-state index contributed by atoms with van der Waals surface area (Å²) in [7, 11) is 0. The van der Waals surface area contributed by atoms with Crippen molar-refractivity contribution in [2.45, 2.75) is 37.6 Å². The molecule has 16 heavy (non-hydrogen) atoms. The van der Waals surface area contributed by atoms with Crippen LogP contribution in [0, 0.1) is 5.82 Å². The van der Waals surface area contributed by atoms with Crippen molar-refractivity contribution in [1.82, 2.24) is 5.32 Å². The highest BCUT2D eigenvalue weighted by Crippen LogP contribution is 2.17. The number of hydrogen-bond donors (Lipinski definition) is 1. The molecule has 0 aromatic heterocycles. The van der Waals surface area contributed by atoms with E-state index in [0.29, 0.717) is 6.04 Å². The van der Waals surface area contributed by atoms with Gasteiger partial charge in [0.1, 0.15) is 5.82 Å². The van der Waals surface area contributed by atoms with Crippen LogP contribution in [0.1, 0.15) is 26.7 Å². The zero-order valence-corrected chi connectivity index (χ0v) is 10.8. The number of halogens is 1. The van der Waals surface area contributed by atoms with Crippen molar-refractivity contribution in [3.05, 3.63) is 30.1 Å². The van der Waals surface area contributed by atoms with Crippen LogP contribution in [0.5, 0.6) is 0 Å². The molecule has 0 saturated heterocycles. The first kappa shape index (κ1) is 13.5. The quantitative estimate of drug-likeness (QED) is 0.577. The van der Waals surface area contributed by atoms with Gasteiger partial charge in [0.25, 0.3) is 0 Å². The van der Waals surface area contributed by atoms with Crippen molar-refractivity contribution in [2.24, 2.45) is 0 Å². The summed E-state index contributed by atoms with van der Waals surface area (Å²) in [5.41, 5.74) is 0. The van der Waals surface area contributed by atoms with Crippen molar-refractivity contribution in [1.29, 1.82) is 0 Å². The Balaban J connectivity index is 2.13. The summed E-state index contributed by atoms with van der Waals surface area (Å²) in [6.07, 6.45) is 2.44. The maximum atomic E-state index is 12.6. The Labute approximate surface area is 102 Å². The summed E-state index contributed by atoms with van der Waals surface area (Å²) in [4.78, 5) is 1.13. The van der Waals surface area contributed by atoms with Crippen molar-refractivity contribution in [3.8, 4) is 0 Å². The van der Waals surface area contributed by atoms with Crippen molar-refractivity contribution >= 4 is 11.8 Å². The fraction of sp³-hybridized carbons (Fsp3) is 0.538. The van der Waals surface area contributed by atoms with Crippen LogP contribution in [0.4, 0.5) is 4.39 Å². The highest BCUT2D eigenvalue weighted by Gasteiger charge is 1.99. The minimum atomic E-state index is -0.168. The van der Waals surface area contributed by atoms with Crippen LogP contribution in [0.3, 0.4) is 0 Å². The number of thioether (sulfide) groups is 1. The lowest BCUT2D eigenvalue weighted by Gasteiger charge is -2.11. The standard InChI is InChI=1S/C13H20FNS/c1-3-4-11(2)15-9-10-16-13-7-5-12(14)6-8-13/h5-8,11,15H,3-4,9-10H2,1-2H3. The third-order valence-corrected chi connectivity index (χ3v) is 3.41. The van der Waals surface area contributed by atoms with Crippen LogP contribution >= 0.6 is 11.8 Å². The molecule has 3 heteroatoms. The van der Waals surface area contributed by atoms with Gasteiger partial charge in [-0.15, -0.1) is 11.8 Å². The van der Waals surface area contributed by atoms with Gasteiger partial charge in [0, 0.05) is 23.2 Å². The molecule has 0 saturated carbocycles. The molecular formula is C13H20FNS. The average Bonchev–Trinajstić information content (AvgIpc) is 2.27. The van der Waals surface area contributed by atoms with Crippen LogP contribution in [0.2, 0.25) is 0 Å². The smallest absolute Gasteiger partial charge is 0.123 e. The molecule has 1 aromatic carbocycles. The Hall–Kier alpha value is -0.540. The summed E-state index contributed by atoms with van der Waals surface area (Å²) in [5, 5.41) is 3.47. The molecule has 0 fully saturated rings. The molecule has 0 aliphatic heterocycles. The van der Waals surface area contributed by atoms with Gasteiger partial charge in [0.05, 0.1) is 0 Å². The van der Waals surface area contributed by atoms with E-state index in [4.69, 9.17) is 0 Å². The van der Waals surface area contributed by atoms with Crippen LogP contribution in [-0.2, 0) is 0 Å². The minimum absolute atomic E-state index is 0.168. The second-order valence-corrected chi connectivity index (χ2v) is 5.11. The fourth-order valence-corrected chi connectivity index (χ4v) is 2.32. The molecule has 0 heterocycles. The molecule has 1 unspecified atom stereocenters. The molecule has 0 aliphatic carbocycles. The van der Waals surface area contributed by atoms with Crippen molar-refractivity contribution < 1.29 is 4.39 Å². The van der Waals surface area contributed by atoms with Gasteiger partial charge in [-0.2, -0.15) is 0 Å². The van der Waals surface area contributed by atoms with Crippen molar-refractivity contribution in [2.75, 3.05) is 12.3 Å². The van der Waals surface area contributed by atoms with E-state index in [0.717, 1.165) is 17.2 Å². The van der Waals surface area contributed by atoms with Gasteiger partial charge >= 0.3 is 0 Å². The Kier molecular flexibility index (Phi) is 6.50. The molecule has 0 radical (unpaired) electrons. The fourth-order valence-electron chi connectivity index (χ4n) is 1.54. The zero-order valence-electron chi connectivity index (χ0n) is 10.0. The van der Waals surface area contributed by atoms with E-state index in [2.05, 4.69) is 19.2 Å². The largest absolute Gasteiger partial charge is 0.313 e. The molecular weight excluding hydrogens is 221 g/mol. The van der Waals surface area contributed by atoms with E-state index in [9.17, 15) is 4.39 Å². The van der Waals surface area contributed by atoms with E-state index < -0.39 is 0 Å². The summed E-state index contributed by atoms with van der Waals surface area (Å²) in [5.74, 6) is 0.860. The zero-order chi connectivity index (χ0) is 11.8. The molecule has 90 valence electrons. The van der Waals surface area contributed by atoms with Crippen molar-refractivity contribution in [3.63, 3.8) is 0 Å². The molecule has 1 N–H and O–H groups in total. The van der Waals surface area contributed by atoms with E-state index in [1.54, 1.807) is 11.8 Å². The van der Waals surface area contributed by atoms with Gasteiger partial charge in [0.15, 0.2) is 0 Å². The molecule has 0 amide bonds. The molecule has 0 aliphatic rings. The average molecular weight is 241 g/mol. The minimum Gasteiger partial charge on any atom is -0.313 e. The lowest BCUT2D eigenvalue weighted by molar-refractivity contribution is 0.526. The number of nitrogens with one attached hydrogen (secondary N) is 1. The summed E-state index contributed by atoms with van der Waals surface area (Å²) >= 11 is 1.76.